The maximum Gasteiger partial charge on any atom is 0.213 e. The molecule has 1 aliphatic rings. The molecule has 0 amide bonds. The molecule has 0 radical (unpaired) electrons. The second kappa shape index (κ2) is 8.59. The first-order valence-corrected chi connectivity index (χ1v) is 12.8. The fourth-order valence-corrected chi connectivity index (χ4v) is 5.70. The highest BCUT2D eigenvalue weighted by atomic mass is 32.2. The standard InChI is InChI=1S/C24H25F2N5O2S/c1-3-34(32,33)30-6-4-19(5-7-30)31-14-17(12-29-31)16-8-21-22(13-28-24(21)27-11-16)20-9-18(25)10-23(26)15(20)2/h8-14,19H,3-7H2,1-2H3,(H,27,28). The van der Waals surface area contributed by atoms with E-state index >= 15 is 0 Å². The van der Waals surface area contributed by atoms with Crippen molar-refractivity contribution in [3.05, 3.63) is 60.2 Å². The van der Waals surface area contributed by atoms with Crippen molar-refractivity contribution in [1.29, 1.82) is 0 Å². The predicted octanol–water partition coefficient (Wildman–Crippen LogP) is 4.67. The first-order chi connectivity index (χ1) is 16.3. The van der Waals surface area contributed by atoms with Gasteiger partial charge in [0.2, 0.25) is 10.0 Å². The topological polar surface area (TPSA) is 83.9 Å². The van der Waals surface area contributed by atoms with E-state index in [-0.39, 0.29) is 11.8 Å². The van der Waals surface area contributed by atoms with Crippen LogP contribution in [-0.4, -0.2) is 51.3 Å². The van der Waals surface area contributed by atoms with Gasteiger partial charge in [0.15, 0.2) is 0 Å². The Balaban J connectivity index is 1.43. The number of sulfonamides is 1. The summed E-state index contributed by atoms with van der Waals surface area (Å²) in [5, 5.41) is 5.28. The Morgan fingerprint density at radius 1 is 1.09 bits per heavy atom. The number of hydrogen-bond acceptors (Lipinski definition) is 4. The molecule has 178 valence electrons. The lowest BCUT2D eigenvalue weighted by molar-refractivity contribution is 0.261. The second-order valence-electron chi connectivity index (χ2n) is 8.62. The molecule has 4 aromatic rings. The highest BCUT2D eigenvalue weighted by Gasteiger charge is 2.28. The first kappa shape index (κ1) is 22.7. The third-order valence-corrected chi connectivity index (χ3v) is 8.50. The van der Waals surface area contributed by atoms with Crippen molar-refractivity contribution in [1.82, 2.24) is 24.1 Å². The minimum atomic E-state index is -3.17. The third-order valence-electron chi connectivity index (χ3n) is 6.62. The third kappa shape index (κ3) is 4.01. The van der Waals surface area contributed by atoms with Crippen LogP contribution in [0.2, 0.25) is 0 Å². The molecule has 4 heterocycles. The lowest BCUT2D eigenvalue weighted by Gasteiger charge is -2.31. The van der Waals surface area contributed by atoms with Crippen molar-refractivity contribution in [3.63, 3.8) is 0 Å². The lowest BCUT2D eigenvalue weighted by Crippen LogP contribution is -2.39. The molecule has 7 nitrogen and oxygen atoms in total. The van der Waals surface area contributed by atoms with Gasteiger partial charge in [0.05, 0.1) is 18.0 Å². The van der Waals surface area contributed by atoms with E-state index in [4.69, 9.17) is 0 Å². The molecule has 1 saturated heterocycles. The SMILES string of the molecule is CCS(=O)(=O)N1CCC(n2cc(-c3cnc4[nH]cc(-c5cc(F)cc(F)c5C)c4c3)cn2)CC1. The van der Waals surface area contributed by atoms with E-state index < -0.39 is 21.7 Å². The summed E-state index contributed by atoms with van der Waals surface area (Å²) in [5.41, 5.74) is 3.86. The van der Waals surface area contributed by atoms with Crippen LogP contribution in [0.25, 0.3) is 33.3 Å². The van der Waals surface area contributed by atoms with Gasteiger partial charge in [-0.1, -0.05) is 0 Å². The van der Waals surface area contributed by atoms with Crippen molar-refractivity contribution < 1.29 is 17.2 Å². The minimum absolute atomic E-state index is 0.113. The maximum atomic E-state index is 14.2. The summed E-state index contributed by atoms with van der Waals surface area (Å²) in [6, 6.07) is 4.27. The van der Waals surface area contributed by atoms with Crippen molar-refractivity contribution in [3.8, 4) is 22.3 Å². The Morgan fingerprint density at radius 3 is 2.59 bits per heavy atom. The highest BCUT2D eigenvalue weighted by molar-refractivity contribution is 7.89. The van der Waals surface area contributed by atoms with Gasteiger partial charge in [-0.15, -0.1) is 0 Å². The molecule has 1 N–H and O–H groups in total. The number of rotatable bonds is 5. The Kier molecular flexibility index (Phi) is 5.73. The summed E-state index contributed by atoms with van der Waals surface area (Å²) >= 11 is 0. The van der Waals surface area contributed by atoms with E-state index in [9.17, 15) is 17.2 Å². The van der Waals surface area contributed by atoms with Crippen LogP contribution in [-0.2, 0) is 10.0 Å². The van der Waals surface area contributed by atoms with Gasteiger partial charge in [-0.2, -0.15) is 5.10 Å². The van der Waals surface area contributed by atoms with Gasteiger partial charge in [-0.3, -0.25) is 4.68 Å². The van der Waals surface area contributed by atoms with Gasteiger partial charge in [-0.05, 0) is 49.9 Å². The highest BCUT2D eigenvalue weighted by Crippen LogP contribution is 2.34. The van der Waals surface area contributed by atoms with E-state index in [0.29, 0.717) is 48.3 Å². The van der Waals surface area contributed by atoms with Crippen molar-refractivity contribution in [2.24, 2.45) is 0 Å². The number of H-pyrrole nitrogens is 1. The number of hydrogen-bond donors (Lipinski definition) is 1. The van der Waals surface area contributed by atoms with Crippen LogP contribution < -0.4 is 0 Å². The fourth-order valence-electron chi connectivity index (χ4n) is 4.56. The molecule has 0 aliphatic carbocycles. The minimum Gasteiger partial charge on any atom is -0.346 e. The zero-order valence-corrected chi connectivity index (χ0v) is 19.7. The summed E-state index contributed by atoms with van der Waals surface area (Å²) in [7, 11) is -3.17. The largest absolute Gasteiger partial charge is 0.346 e. The normalized spacial score (nSPS) is 15.9. The van der Waals surface area contributed by atoms with Crippen LogP contribution in [0.1, 0.15) is 31.4 Å². The number of aromatic nitrogens is 4. The molecule has 3 aromatic heterocycles. The number of fused-ring (bicyclic) bond motifs is 1. The quantitative estimate of drug-likeness (QED) is 0.445. The van der Waals surface area contributed by atoms with Gasteiger partial charge in [-0.25, -0.2) is 26.5 Å². The second-order valence-corrected chi connectivity index (χ2v) is 10.9. The van der Waals surface area contributed by atoms with E-state index in [2.05, 4.69) is 15.1 Å². The average Bonchev–Trinajstić information content (AvgIpc) is 3.49. The molecule has 0 bridgehead atoms. The number of pyridine rings is 1. The number of halogens is 2. The molecule has 0 unspecified atom stereocenters. The van der Waals surface area contributed by atoms with Crippen molar-refractivity contribution in [2.45, 2.75) is 32.7 Å². The molecular formula is C24H25F2N5O2S. The first-order valence-electron chi connectivity index (χ1n) is 11.2. The van der Waals surface area contributed by atoms with Crippen LogP contribution >= 0.6 is 0 Å². The summed E-state index contributed by atoms with van der Waals surface area (Å²) in [6.07, 6.45) is 8.55. The Bertz CT molecular complexity index is 1470. The van der Waals surface area contributed by atoms with Crippen molar-refractivity contribution in [2.75, 3.05) is 18.8 Å². The van der Waals surface area contributed by atoms with Gasteiger partial charge in [0.25, 0.3) is 0 Å². The number of aromatic amines is 1. The fraction of sp³-hybridized carbons (Fsp3) is 0.333. The smallest absolute Gasteiger partial charge is 0.213 e. The molecule has 1 fully saturated rings. The van der Waals surface area contributed by atoms with Crippen LogP contribution in [0.5, 0.6) is 0 Å². The number of nitrogens with one attached hydrogen (secondary N) is 1. The lowest BCUT2D eigenvalue weighted by atomic mass is 9.99. The van der Waals surface area contributed by atoms with Gasteiger partial charge in [0, 0.05) is 59.8 Å². The number of benzene rings is 1. The van der Waals surface area contributed by atoms with Crippen LogP contribution in [0.3, 0.4) is 0 Å². The molecule has 1 aliphatic heterocycles. The van der Waals surface area contributed by atoms with E-state index in [0.717, 1.165) is 22.6 Å². The summed E-state index contributed by atoms with van der Waals surface area (Å²) in [5.74, 6) is -1.11. The summed E-state index contributed by atoms with van der Waals surface area (Å²) < 4.78 is 55.7. The maximum absolute atomic E-state index is 14.2. The van der Waals surface area contributed by atoms with Crippen LogP contribution in [0.4, 0.5) is 8.78 Å². The molecule has 5 rings (SSSR count). The molecule has 10 heteroatoms. The predicted molar refractivity (Wildman–Crippen MR) is 127 cm³/mol. The molecule has 0 saturated carbocycles. The summed E-state index contributed by atoms with van der Waals surface area (Å²) in [4.78, 5) is 7.57. The van der Waals surface area contributed by atoms with Crippen LogP contribution in [0.15, 0.2) is 43.0 Å². The Hall–Kier alpha value is -3.11. The summed E-state index contributed by atoms with van der Waals surface area (Å²) in [6.45, 7) is 4.26. The van der Waals surface area contributed by atoms with E-state index in [1.54, 1.807) is 36.7 Å². The van der Waals surface area contributed by atoms with Crippen molar-refractivity contribution >= 4 is 21.1 Å². The van der Waals surface area contributed by atoms with E-state index in [1.807, 2.05) is 16.9 Å². The Morgan fingerprint density at radius 2 is 1.85 bits per heavy atom. The van der Waals surface area contributed by atoms with Crippen LogP contribution in [0, 0.1) is 18.6 Å². The molecule has 0 atom stereocenters. The van der Waals surface area contributed by atoms with Gasteiger partial charge >= 0.3 is 0 Å². The molecule has 34 heavy (non-hydrogen) atoms. The van der Waals surface area contributed by atoms with E-state index in [1.165, 1.54) is 6.07 Å². The van der Waals surface area contributed by atoms with Gasteiger partial charge < -0.3 is 4.98 Å². The zero-order valence-electron chi connectivity index (χ0n) is 18.9. The molecule has 1 aromatic carbocycles. The number of piperidine rings is 1. The monoisotopic (exact) mass is 485 g/mol. The Labute approximate surface area is 196 Å². The average molecular weight is 486 g/mol. The zero-order chi connectivity index (χ0) is 24.0. The molecule has 0 spiro atoms. The number of nitrogens with zero attached hydrogens (tertiary/aromatic N) is 4. The van der Waals surface area contributed by atoms with Gasteiger partial charge in [0.1, 0.15) is 17.3 Å². The molecular weight excluding hydrogens is 460 g/mol.